The normalized spacial score (nSPS) is 18.5. The molecule has 1 aliphatic heterocycles. The number of carbonyl (C=O) groups is 1. The smallest absolute Gasteiger partial charge is 0.222 e. The van der Waals surface area contributed by atoms with E-state index in [9.17, 15) is 13.2 Å². The average Bonchev–Trinajstić information content (AvgIpc) is 2.92. The predicted molar refractivity (Wildman–Crippen MR) is 122 cm³/mol. The molecule has 1 heterocycles. The summed E-state index contributed by atoms with van der Waals surface area (Å²) in [5.41, 5.74) is 1.14. The summed E-state index contributed by atoms with van der Waals surface area (Å²) in [7, 11) is 0.642. The van der Waals surface area contributed by atoms with Crippen molar-refractivity contribution >= 4 is 61.6 Å². The van der Waals surface area contributed by atoms with Crippen LogP contribution in [-0.4, -0.2) is 63.4 Å². The molecule has 1 aromatic carbocycles. The molecule has 152 valence electrons. The third kappa shape index (κ3) is 7.94. The number of guanidine groups is 1. The minimum absolute atomic E-state index is 0. The fourth-order valence-corrected chi connectivity index (χ4v) is 4.92. The van der Waals surface area contributed by atoms with Gasteiger partial charge >= 0.3 is 0 Å². The molecule has 0 saturated carbocycles. The van der Waals surface area contributed by atoms with Crippen LogP contribution in [0.1, 0.15) is 18.4 Å². The Morgan fingerprint density at radius 1 is 1.37 bits per heavy atom. The lowest BCUT2D eigenvalue weighted by molar-refractivity contribution is -0.121. The molecule has 1 aromatic rings. The second kappa shape index (κ2) is 11.2. The first-order valence-corrected chi connectivity index (χ1v) is 11.1. The number of sulfone groups is 1. The second-order valence-electron chi connectivity index (χ2n) is 6.34. The van der Waals surface area contributed by atoms with Crippen LogP contribution >= 0.6 is 39.9 Å². The van der Waals surface area contributed by atoms with Crippen molar-refractivity contribution in [2.75, 3.05) is 32.1 Å². The second-order valence-corrected chi connectivity index (χ2v) is 9.42. The summed E-state index contributed by atoms with van der Waals surface area (Å²) >= 11 is 3.53. The highest BCUT2D eigenvalue weighted by Gasteiger charge is 2.28. The van der Waals surface area contributed by atoms with Gasteiger partial charge in [0.1, 0.15) is 0 Å². The van der Waals surface area contributed by atoms with Gasteiger partial charge in [-0.3, -0.25) is 9.79 Å². The maximum Gasteiger partial charge on any atom is 0.222 e. The van der Waals surface area contributed by atoms with Gasteiger partial charge in [-0.25, -0.2) is 8.42 Å². The molecule has 1 atom stereocenters. The molecule has 1 saturated heterocycles. The Balaban J connectivity index is 0.00000364. The summed E-state index contributed by atoms with van der Waals surface area (Å²) in [6, 6.07) is 7.72. The van der Waals surface area contributed by atoms with Gasteiger partial charge in [-0.05, 0) is 18.1 Å². The Kier molecular flexibility index (Phi) is 10.0. The van der Waals surface area contributed by atoms with Gasteiger partial charge in [0, 0.05) is 44.1 Å². The monoisotopic (exact) mass is 572 g/mol. The Morgan fingerprint density at radius 3 is 2.67 bits per heavy atom. The number of amides is 1. The highest BCUT2D eigenvalue weighted by Crippen LogP contribution is 2.17. The van der Waals surface area contributed by atoms with Crippen molar-refractivity contribution in [1.82, 2.24) is 15.5 Å². The fraction of sp³-hybridized carbons (Fsp3) is 0.529. The fourth-order valence-electron chi connectivity index (χ4n) is 2.84. The molecule has 10 heteroatoms. The number of hydrogen-bond acceptors (Lipinski definition) is 4. The molecule has 7 nitrogen and oxygen atoms in total. The van der Waals surface area contributed by atoms with Crippen molar-refractivity contribution in [2.45, 2.75) is 25.4 Å². The maximum atomic E-state index is 12.0. The highest BCUT2D eigenvalue weighted by molar-refractivity contribution is 14.0. The first kappa shape index (κ1) is 24.2. The Labute approximate surface area is 186 Å². The molecule has 0 spiro atoms. The third-order valence-electron chi connectivity index (χ3n) is 4.17. The van der Waals surface area contributed by atoms with Gasteiger partial charge in [-0.2, -0.15) is 0 Å². The van der Waals surface area contributed by atoms with Crippen LogP contribution in [0.5, 0.6) is 0 Å². The predicted octanol–water partition coefficient (Wildman–Crippen LogP) is 1.77. The van der Waals surface area contributed by atoms with E-state index in [1.54, 1.807) is 7.05 Å². The van der Waals surface area contributed by atoms with E-state index in [1.807, 2.05) is 36.2 Å². The SMILES string of the molecule is CN=C(NCCC(=O)NC1CCS(=O)(=O)C1)N(C)Cc1ccccc1Br.I. The van der Waals surface area contributed by atoms with Crippen molar-refractivity contribution in [1.29, 1.82) is 0 Å². The number of benzene rings is 1. The minimum atomic E-state index is -2.98. The largest absolute Gasteiger partial charge is 0.356 e. The maximum absolute atomic E-state index is 12.0. The summed E-state index contributed by atoms with van der Waals surface area (Å²) in [4.78, 5) is 18.2. The van der Waals surface area contributed by atoms with E-state index in [1.165, 1.54) is 0 Å². The summed E-state index contributed by atoms with van der Waals surface area (Å²) in [5.74, 6) is 0.742. The first-order chi connectivity index (χ1) is 12.3. The van der Waals surface area contributed by atoms with Crippen LogP contribution in [0, 0.1) is 0 Å². The molecule has 1 amide bonds. The van der Waals surface area contributed by atoms with Gasteiger partial charge in [-0.15, -0.1) is 24.0 Å². The lowest BCUT2D eigenvalue weighted by Gasteiger charge is -2.22. The molecule has 2 N–H and O–H groups in total. The molecule has 0 aliphatic carbocycles. The number of nitrogens with zero attached hydrogens (tertiary/aromatic N) is 2. The van der Waals surface area contributed by atoms with Crippen molar-refractivity contribution in [3.63, 3.8) is 0 Å². The molecule has 1 aliphatic rings. The quantitative estimate of drug-likeness (QED) is 0.308. The van der Waals surface area contributed by atoms with E-state index in [4.69, 9.17) is 0 Å². The van der Waals surface area contributed by atoms with E-state index in [0.29, 0.717) is 25.5 Å². The van der Waals surface area contributed by atoms with E-state index in [2.05, 4.69) is 31.6 Å². The summed E-state index contributed by atoms with van der Waals surface area (Å²) in [6.45, 7) is 1.10. The van der Waals surface area contributed by atoms with Crippen molar-refractivity contribution in [3.8, 4) is 0 Å². The number of aliphatic imine (C=N–C) groups is 1. The van der Waals surface area contributed by atoms with Crippen LogP contribution in [0.2, 0.25) is 0 Å². The molecule has 1 unspecified atom stereocenters. The van der Waals surface area contributed by atoms with E-state index >= 15 is 0 Å². The summed E-state index contributed by atoms with van der Waals surface area (Å²) < 4.78 is 23.9. The molecule has 1 fully saturated rings. The number of halogens is 2. The molecule has 27 heavy (non-hydrogen) atoms. The Bertz CT molecular complexity index is 773. The van der Waals surface area contributed by atoms with Gasteiger partial charge in [0.15, 0.2) is 15.8 Å². The number of rotatable bonds is 6. The first-order valence-electron chi connectivity index (χ1n) is 8.45. The molecular weight excluding hydrogens is 547 g/mol. The minimum Gasteiger partial charge on any atom is -0.356 e. The summed E-state index contributed by atoms with van der Waals surface area (Å²) in [5, 5.41) is 5.95. The van der Waals surface area contributed by atoms with Gasteiger partial charge < -0.3 is 15.5 Å². The van der Waals surface area contributed by atoms with Crippen molar-refractivity contribution in [3.05, 3.63) is 34.3 Å². The molecule has 2 rings (SSSR count). The topological polar surface area (TPSA) is 90.9 Å². The zero-order chi connectivity index (χ0) is 19.2. The van der Waals surface area contributed by atoms with Crippen LogP contribution in [0.4, 0.5) is 0 Å². The van der Waals surface area contributed by atoms with Crippen molar-refractivity contribution in [2.24, 2.45) is 4.99 Å². The van der Waals surface area contributed by atoms with Crippen LogP contribution in [-0.2, 0) is 21.2 Å². The Morgan fingerprint density at radius 2 is 2.07 bits per heavy atom. The average molecular weight is 573 g/mol. The number of carbonyl (C=O) groups excluding carboxylic acids is 1. The highest BCUT2D eigenvalue weighted by atomic mass is 127. The standard InChI is InChI=1S/C17H25BrN4O3S.HI/c1-19-17(22(2)11-13-5-3-4-6-15(13)18)20-9-7-16(23)21-14-8-10-26(24,25)12-14;/h3-6,14H,7-12H2,1-2H3,(H,19,20)(H,21,23);1H. The molecular formula is C17H26BrIN4O3S. The lowest BCUT2D eigenvalue weighted by atomic mass is 10.2. The van der Waals surface area contributed by atoms with Crippen molar-refractivity contribution < 1.29 is 13.2 Å². The molecule has 0 bridgehead atoms. The van der Waals surface area contributed by atoms with E-state index in [-0.39, 0.29) is 53.9 Å². The van der Waals surface area contributed by atoms with Gasteiger partial charge in [0.2, 0.25) is 5.91 Å². The van der Waals surface area contributed by atoms with Gasteiger partial charge in [0.25, 0.3) is 0 Å². The van der Waals surface area contributed by atoms with E-state index in [0.717, 1.165) is 10.0 Å². The number of nitrogens with one attached hydrogen (secondary N) is 2. The van der Waals surface area contributed by atoms with Gasteiger partial charge in [-0.1, -0.05) is 34.1 Å². The zero-order valence-corrected chi connectivity index (χ0v) is 20.2. The van der Waals surface area contributed by atoms with Crippen LogP contribution in [0.3, 0.4) is 0 Å². The lowest BCUT2D eigenvalue weighted by Crippen LogP contribution is -2.41. The van der Waals surface area contributed by atoms with E-state index < -0.39 is 9.84 Å². The van der Waals surface area contributed by atoms with Crippen LogP contribution in [0.15, 0.2) is 33.7 Å². The summed E-state index contributed by atoms with van der Waals surface area (Å²) in [6.07, 6.45) is 0.760. The third-order valence-corrected chi connectivity index (χ3v) is 6.71. The van der Waals surface area contributed by atoms with Crippen LogP contribution in [0.25, 0.3) is 0 Å². The number of hydrogen-bond donors (Lipinski definition) is 2. The molecule has 0 aromatic heterocycles. The van der Waals surface area contributed by atoms with Gasteiger partial charge in [0.05, 0.1) is 11.5 Å². The zero-order valence-electron chi connectivity index (χ0n) is 15.4. The molecule has 0 radical (unpaired) electrons. The van der Waals surface area contributed by atoms with Crippen LogP contribution < -0.4 is 10.6 Å². The Hall–Kier alpha value is -0.880.